The maximum absolute atomic E-state index is 5.56. The minimum absolute atomic E-state index is 0.403. The molecule has 1 aliphatic rings. The summed E-state index contributed by atoms with van der Waals surface area (Å²) in [5.74, 6) is 2.24. The average molecular weight is 301 g/mol. The lowest BCUT2D eigenvalue weighted by molar-refractivity contribution is 0.173. The molecule has 1 fully saturated rings. The molecule has 0 radical (unpaired) electrons. The van der Waals surface area contributed by atoms with Crippen molar-refractivity contribution in [1.82, 2.24) is 15.1 Å². The fraction of sp³-hybridized carbons (Fsp3) is 0.529. The molecular weight excluding hydrogens is 278 g/mol. The molecule has 1 aromatic carbocycles. The van der Waals surface area contributed by atoms with Crippen molar-refractivity contribution in [2.75, 3.05) is 13.7 Å². The fourth-order valence-corrected chi connectivity index (χ4v) is 3.14. The highest BCUT2D eigenvalue weighted by Crippen LogP contribution is 2.32. The molecule has 1 aromatic heterocycles. The molecule has 1 atom stereocenters. The third kappa shape index (κ3) is 3.47. The van der Waals surface area contributed by atoms with Gasteiger partial charge in [0, 0.05) is 13.0 Å². The predicted molar refractivity (Wildman–Crippen MR) is 83.6 cm³/mol. The molecule has 1 unspecified atom stereocenters. The first-order chi connectivity index (χ1) is 10.8. The van der Waals surface area contributed by atoms with E-state index in [9.17, 15) is 0 Å². The van der Waals surface area contributed by atoms with E-state index >= 15 is 0 Å². The van der Waals surface area contributed by atoms with Crippen molar-refractivity contribution in [1.29, 1.82) is 0 Å². The van der Waals surface area contributed by atoms with Crippen LogP contribution in [0.5, 0.6) is 5.75 Å². The molecule has 3 rings (SSSR count). The first kappa shape index (κ1) is 15.0. The van der Waals surface area contributed by atoms with Crippen LogP contribution in [0, 0.1) is 6.92 Å². The van der Waals surface area contributed by atoms with E-state index in [1.54, 1.807) is 7.11 Å². The normalized spacial score (nSPS) is 19.8. The summed E-state index contributed by atoms with van der Waals surface area (Å²) < 4.78 is 10.8. The molecule has 2 heterocycles. The zero-order chi connectivity index (χ0) is 15.4. The van der Waals surface area contributed by atoms with Crippen molar-refractivity contribution >= 4 is 0 Å². The van der Waals surface area contributed by atoms with Gasteiger partial charge in [-0.15, -0.1) is 10.2 Å². The summed E-state index contributed by atoms with van der Waals surface area (Å²) >= 11 is 0. The monoisotopic (exact) mass is 301 g/mol. The molecule has 0 saturated carbocycles. The summed E-state index contributed by atoms with van der Waals surface area (Å²) in [5, 5.41) is 8.08. The third-order valence-corrected chi connectivity index (χ3v) is 4.27. The summed E-state index contributed by atoms with van der Waals surface area (Å²) in [7, 11) is 1.70. The number of aryl methyl sites for hydroxylation is 1. The first-order valence-electron chi connectivity index (χ1n) is 7.93. The van der Waals surface area contributed by atoms with Gasteiger partial charge in [0.1, 0.15) is 5.75 Å². The summed E-state index contributed by atoms with van der Waals surface area (Å²) in [6.45, 7) is 3.62. The maximum Gasteiger partial charge on any atom is 0.230 e. The number of hydrogen-bond donors (Lipinski definition) is 0. The molecule has 118 valence electrons. The van der Waals surface area contributed by atoms with Gasteiger partial charge in [0.2, 0.25) is 11.8 Å². The van der Waals surface area contributed by atoms with Crippen molar-refractivity contribution in [3.8, 4) is 5.75 Å². The number of likely N-dealkylation sites (tertiary alicyclic amines) is 1. The topological polar surface area (TPSA) is 51.4 Å². The highest BCUT2D eigenvalue weighted by molar-refractivity contribution is 5.29. The van der Waals surface area contributed by atoms with Gasteiger partial charge in [0.25, 0.3) is 0 Å². The van der Waals surface area contributed by atoms with Crippen LogP contribution in [0.2, 0.25) is 0 Å². The summed E-state index contributed by atoms with van der Waals surface area (Å²) in [6, 6.07) is 8.81. The molecule has 0 amide bonds. The van der Waals surface area contributed by atoms with Crippen LogP contribution in [-0.2, 0) is 6.54 Å². The number of nitrogens with zero attached hydrogens (tertiary/aromatic N) is 3. The van der Waals surface area contributed by atoms with Gasteiger partial charge in [0.05, 0.1) is 13.7 Å². The molecular formula is C17H23N3O2. The van der Waals surface area contributed by atoms with Crippen LogP contribution >= 0.6 is 0 Å². The lowest BCUT2D eigenvalue weighted by atomic mass is 10.0. The summed E-state index contributed by atoms with van der Waals surface area (Å²) in [4.78, 5) is 2.46. The Morgan fingerprint density at radius 3 is 2.68 bits per heavy atom. The van der Waals surface area contributed by atoms with E-state index in [2.05, 4.69) is 27.2 Å². The van der Waals surface area contributed by atoms with Crippen LogP contribution in [0.1, 0.15) is 49.1 Å². The van der Waals surface area contributed by atoms with Gasteiger partial charge in [-0.1, -0.05) is 25.0 Å². The van der Waals surface area contributed by atoms with E-state index < -0.39 is 0 Å². The lowest BCUT2D eigenvalue weighted by Gasteiger charge is -2.29. The van der Waals surface area contributed by atoms with E-state index in [0.29, 0.717) is 17.8 Å². The van der Waals surface area contributed by atoms with Crippen molar-refractivity contribution < 1.29 is 9.15 Å². The second-order valence-electron chi connectivity index (χ2n) is 5.82. The Labute approximate surface area is 131 Å². The molecule has 0 spiro atoms. The van der Waals surface area contributed by atoms with E-state index in [-0.39, 0.29) is 0 Å². The second-order valence-corrected chi connectivity index (χ2v) is 5.82. The van der Waals surface area contributed by atoms with Crippen LogP contribution < -0.4 is 4.74 Å². The van der Waals surface area contributed by atoms with Crippen LogP contribution in [0.25, 0.3) is 0 Å². The molecule has 0 bridgehead atoms. The van der Waals surface area contributed by atoms with Crippen LogP contribution in [0.3, 0.4) is 0 Å². The predicted octanol–water partition coefficient (Wildman–Crippen LogP) is 3.50. The van der Waals surface area contributed by atoms with E-state index in [0.717, 1.165) is 18.8 Å². The van der Waals surface area contributed by atoms with Crippen molar-refractivity contribution in [2.45, 2.75) is 45.2 Å². The average Bonchev–Trinajstić information content (AvgIpc) is 2.81. The van der Waals surface area contributed by atoms with Gasteiger partial charge in [-0.05, 0) is 37.1 Å². The number of methoxy groups -OCH3 is 1. The van der Waals surface area contributed by atoms with E-state index in [4.69, 9.17) is 9.15 Å². The fourth-order valence-electron chi connectivity index (χ4n) is 3.14. The van der Waals surface area contributed by atoms with Crippen LogP contribution in [-0.4, -0.2) is 28.8 Å². The van der Waals surface area contributed by atoms with Crippen LogP contribution in [0.15, 0.2) is 28.7 Å². The van der Waals surface area contributed by atoms with Gasteiger partial charge in [-0.25, -0.2) is 0 Å². The molecule has 1 aliphatic heterocycles. The zero-order valence-electron chi connectivity index (χ0n) is 13.3. The lowest BCUT2D eigenvalue weighted by Crippen LogP contribution is -2.28. The van der Waals surface area contributed by atoms with E-state index in [1.165, 1.54) is 31.2 Å². The van der Waals surface area contributed by atoms with Gasteiger partial charge >= 0.3 is 0 Å². The quantitative estimate of drug-likeness (QED) is 0.865. The number of rotatable bonds is 4. The summed E-state index contributed by atoms with van der Waals surface area (Å²) in [5.41, 5.74) is 1.33. The first-order valence-corrected chi connectivity index (χ1v) is 7.93. The molecule has 1 saturated heterocycles. The Morgan fingerprint density at radius 1 is 1.18 bits per heavy atom. The van der Waals surface area contributed by atoms with Gasteiger partial charge in [-0.3, -0.25) is 4.90 Å². The Balaban J connectivity index is 1.80. The molecule has 5 nitrogen and oxygen atoms in total. The van der Waals surface area contributed by atoms with Crippen LogP contribution in [0.4, 0.5) is 0 Å². The Bertz CT molecular complexity index is 594. The van der Waals surface area contributed by atoms with Gasteiger partial charge in [-0.2, -0.15) is 0 Å². The van der Waals surface area contributed by atoms with Gasteiger partial charge < -0.3 is 9.15 Å². The van der Waals surface area contributed by atoms with Crippen molar-refractivity contribution in [3.63, 3.8) is 0 Å². The smallest absolute Gasteiger partial charge is 0.230 e. The standard InChI is InChI=1S/C17H23N3O2/c1-13-18-19-17(22-13)12-20-11-5-3-4-6-16(20)14-7-9-15(21-2)10-8-14/h7-10,16H,3-6,11-12H2,1-2H3. The minimum atomic E-state index is 0.403. The Morgan fingerprint density at radius 2 is 2.00 bits per heavy atom. The molecule has 0 N–H and O–H groups in total. The minimum Gasteiger partial charge on any atom is -0.497 e. The molecule has 5 heteroatoms. The molecule has 0 aliphatic carbocycles. The maximum atomic E-state index is 5.56. The highest BCUT2D eigenvalue weighted by Gasteiger charge is 2.24. The Kier molecular flexibility index (Phi) is 4.73. The summed E-state index contributed by atoms with van der Waals surface area (Å²) in [6.07, 6.45) is 4.93. The third-order valence-electron chi connectivity index (χ3n) is 4.27. The number of ether oxygens (including phenoxy) is 1. The Hall–Kier alpha value is -1.88. The second kappa shape index (κ2) is 6.92. The van der Waals surface area contributed by atoms with E-state index in [1.807, 2.05) is 19.1 Å². The number of hydrogen-bond acceptors (Lipinski definition) is 5. The largest absolute Gasteiger partial charge is 0.497 e. The zero-order valence-corrected chi connectivity index (χ0v) is 13.3. The molecule has 2 aromatic rings. The van der Waals surface area contributed by atoms with Gasteiger partial charge in [0.15, 0.2) is 0 Å². The van der Waals surface area contributed by atoms with Crippen molar-refractivity contribution in [3.05, 3.63) is 41.6 Å². The highest BCUT2D eigenvalue weighted by atomic mass is 16.5. The SMILES string of the molecule is COc1ccc(C2CCCCCN2Cc2nnc(C)o2)cc1. The number of benzene rings is 1. The molecule has 22 heavy (non-hydrogen) atoms. The van der Waals surface area contributed by atoms with Crippen molar-refractivity contribution in [2.24, 2.45) is 0 Å². The number of aromatic nitrogens is 2.